The number of aryl methyl sites for hydroxylation is 2. The lowest BCUT2D eigenvalue weighted by molar-refractivity contribution is 0.398. The second-order valence-electron chi connectivity index (χ2n) is 5.99. The molecule has 1 nitrogen and oxygen atoms in total. The number of nitrogens with one attached hydrogen (secondary N) is 1. The molecule has 0 saturated carbocycles. The van der Waals surface area contributed by atoms with Gasteiger partial charge in [0.15, 0.2) is 0 Å². The van der Waals surface area contributed by atoms with Gasteiger partial charge < -0.3 is 5.32 Å². The molecule has 0 aromatic heterocycles. The summed E-state index contributed by atoms with van der Waals surface area (Å²) in [6.07, 6.45) is 6.98. The number of rotatable bonds is 4. The predicted molar refractivity (Wildman–Crippen MR) is 79.1 cm³/mol. The molecule has 18 heavy (non-hydrogen) atoms. The van der Waals surface area contributed by atoms with Crippen LogP contribution in [0, 0.1) is 13.8 Å². The third-order valence-corrected chi connectivity index (χ3v) is 4.15. The van der Waals surface area contributed by atoms with Crippen molar-refractivity contribution in [2.45, 2.75) is 52.0 Å². The zero-order chi connectivity index (χ0) is 13.2. The predicted octanol–water partition coefficient (Wildman–Crippen LogP) is 3.89. The van der Waals surface area contributed by atoms with E-state index in [-0.39, 0.29) is 5.41 Å². The number of hydrogen-bond donors (Lipinski definition) is 1. The molecule has 2 rings (SSSR count). The first kappa shape index (κ1) is 13.4. The zero-order valence-electron chi connectivity index (χ0n) is 12.1. The van der Waals surface area contributed by atoms with Gasteiger partial charge in [-0.1, -0.05) is 44.2 Å². The Bertz CT molecular complexity index is 435. The molecule has 1 aliphatic rings. The van der Waals surface area contributed by atoms with E-state index in [1.54, 1.807) is 0 Å². The SMILES string of the molecule is Cc1ccc(C2(CNC(C)C)CC=CC2)cc1C. The third kappa shape index (κ3) is 2.67. The van der Waals surface area contributed by atoms with Gasteiger partial charge in [0.1, 0.15) is 0 Å². The molecule has 0 amide bonds. The Balaban J connectivity index is 2.26. The topological polar surface area (TPSA) is 12.0 Å². The van der Waals surface area contributed by atoms with Crippen LogP contribution in [0.15, 0.2) is 30.4 Å². The second-order valence-corrected chi connectivity index (χ2v) is 5.99. The molecule has 98 valence electrons. The average Bonchev–Trinajstić information content (AvgIpc) is 2.80. The van der Waals surface area contributed by atoms with Crippen LogP contribution in [0.25, 0.3) is 0 Å². The summed E-state index contributed by atoms with van der Waals surface area (Å²) in [5.74, 6) is 0. The summed E-state index contributed by atoms with van der Waals surface area (Å²) in [6.45, 7) is 9.91. The summed E-state index contributed by atoms with van der Waals surface area (Å²) in [5.41, 5.74) is 4.56. The van der Waals surface area contributed by atoms with E-state index in [9.17, 15) is 0 Å². The maximum Gasteiger partial charge on any atom is 0.0147 e. The van der Waals surface area contributed by atoms with Gasteiger partial charge in [-0.3, -0.25) is 0 Å². The summed E-state index contributed by atoms with van der Waals surface area (Å²) in [6, 6.07) is 7.51. The van der Waals surface area contributed by atoms with Crippen molar-refractivity contribution in [1.82, 2.24) is 5.32 Å². The first-order valence-electron chi connectivity index (χ1n) is 7.00. The zero-order valence-corrected chi connectivity index (χ0v) is 12.1. The Morgan fingerprint density at radius 3 is 2.33 bits per heavy atom. The quantitative estimate of drug-likeness (QED) is 0.791. The van der Waals surface area contributed by atoms with Crippen molar-refractivity contribution in [1.29, 1.82) is 0 Å². The third-order valence-electron chi connectivity index (χ3n) is 4.15. The minimum absolute atomic E-state index is 0.280. The molecule has 0 spiro atoms. The van der Waals surface area contributed by atoms with Crippen LogP contribution in [-0.2, 0) is 5.41 Å². The standard InChI is InChI=1S/C17H25N/c1-13(2)18-12-17(9-5-6-10-17)16-8-7-14(3)15(4)11-16/h5-8,11,13,18H,9-10,12H2,1-4H3. The maximum atomic E-state index is 3.62. The van der Waals surface area contributed by atoms with Gasteiger partial charge in [0.05, 0.1) is 0 Å². The molecule has 1 aliphatic carbocycles. The van der Waals surface area contributed by atoms with Crippen molar-refractivity contribution in [3.05, 3.63) is 47.0 Å². The van der Waals surface area contributed by atoms with Gasteiger partial charge in [-0.05, 0) is 43.4 Å². The Morgan fingerprint density at radius 2 is 1.78 bits per heavy atom. The van der Waals surface area contributed by atoms with Gasteiger partial charge in [0.2, 0.25) is 0 Å². The Hall–Kier alpha value is -1.08. The highest BCUT2D eigenvalue weighted by Gasteiger charge is 2.32. The van der Waals surface area contributed by atoms with Crippen LogP contribution in [0.1, 0.15) is 43.4 Å². The van der Waals surface area contributed by atoms with E-state index in [1.165, 1.54) is 16.7 Å². The molecule has 1 heteroatoms. The molecule has 0 heterocycles. The van der Waals surface area contributed by atoms with Crippen molar-refractivity contribution < 1.29 is 0 Å². The number of allylic oxidation sites excluding steroid dienone is 2. The van der Waals surface area contributed by atoms with Gasteiger partial charge in [0.25, 0.3) is 0 Å². The molecule has 1 N–H and O–H groups in total. The second kappa shape index (κ2) is 5.27. The van der Waals surface area contributed by atoms with E-state index in [4.69, 9.17) is 0 Å². The van der Waals surface area contributed by atoms with Crippen LogP contribution in [0.3, 0.4) is 0 Å². The summed E-state index contributed by atoms with van der Waals surface area (Å²) in [7, 11) is 0. The van der Waals surface area contributed by atoms with Crippen molar-refractivity contribution in [2.24, 2.45) is 0 Å². The molecule has 0 saturated heterocycles. The molecule has 0 bridgehead atoms. The van der Waals surface area contributed by atoms with Crippen LogP contribution in [-0.4, -0.2) is 12.6 Å². The fourth-order valence-corrected chi connectivity index (χ4v) is 2.65. The molecular formula is C17H25N. The van der Waals surface area contributed by atoms with Gasteiger partial charge in [-0.2, -0.15) is 0 Å². The molecule has 0 atom stereocenters. The Labute approximate surface area is 111 Å². The van der Waals surface area contributed by atoms with Crippen LogP contribution in [0.4, 0.5) is 0 Å². The number of hydrogen-bond acceptors (Lipinski definition) is 1. The number of benzene rings is 1. The average molecular weight is 243 g/mol. The summed E-state index contributed by atoms with van der Waals surface area (Å²) in [5, 5.41) is 3.62. The van der Waals surface area contributed by atoms with Crippen molar-refractivity contribution in [3.63, 3.8) is 0 Å². The lowest BCUT2D eigenvalue weighted by Gasteiger charge is -2.31. The molecule has 0 unspecified atom stereocenters. The monoisotopic (exact) mass is 243 g/mol. The fourth-order valence-electron chi connectivity index (χ4n) is 2.65. The van der Waals surface area contributed by atoms with E-state index in [2.05, 4.69) is 63.4 Å². The molecule has 0 fully saturated rings. The van der Waals surface area contributed by atoms with Gasteiger partial charge in [-0.15, -0.1) is 0 Å². The molecule has 0 radical (unpaired) electrons. The molecule has 1 aromatic rings. The van der Waals surface area contributed by atoms with Gasteiger partial charge in [-0.25, -0.2) is 0 Å². The Morgan fingerprint density at radius 1 is 1.11 bits per heavy atom. The van der Waals surface area contributed by atoms with Gasteiger partial charge in [0, 0.05) is 18.0 Å². The lowest BCUT2D eigenvalue weighted by atomic mass is 9.77. The van der Waals surface area contributed by atoms with Crippen LogP contribution < -0.4 is 5.32 Å². The van der Waals surface area contributed by atoms with E-state index < -0.39 is 0 Å². The fraction of sp³-hybridized carbons (Fsp3) is 0.529. The van der Waals surface area contributed by atoms with Crippen molar-refractivity contribution in [2.75, 3.05) is 6.54 Å². The van der Waals surface area contributed by atoms with E-state index >= 15 is 0 Å². The minimum Gasteiger partial charge on any atom is -0.314 e. The minimum atomic E-state index is 0.280. The highest BCUT2D eigenvalue weighted by Crippen LogP contribution is 2.37. The van der Waals surface area contributed by atoms with Crippen LogP contribution in [0.2, 0.25) is 0 Å². The lowest BCUT2D eigenvalue weighted by Crippen LogP contribution is -2.39. The molecule has 0 aliphatic heterocycles. The van der Waals surface area contributed by atoms with Crippen molar-refractivity contribution in [3.8, 4) is 0 Å². The van der Waals surface area contributed by atoms with E-state index in [0.717, 1.165) is 19.4 Å². The van der Waals surface area contributed by atoms with Gasteiger partial charge >= 0.3 is 0 Å². The highest BCUT2D eigenvalue weighted by molar-refractivity contribution is 5.37. The maximum absolute atomic E-state index is 3.62. The Kier molecular flexibility index (Phi) is 3.91. The molecular weight excluding hydrogens is 218 g/mol. The normalized spacial score (nSPS) is 17.6. The van der Waals surface area contributed by atoms with Crippen molar-refractivity contribution >= 4 is 0 Å². The largest absolute Gasteiger partial charge is 0.314 e. The smallest absolute Gasteiger partial charge is 0.0147 e. The highest BCUT2D eigenvalue weighted by atomic mass is 14.9. The van der Waals surface area contributed by atoms with Crippen LogP contribution >= 0.6 is 0 Å². The summed E-state index contributed by atoms with van der Waals surface area (Å²) in [4.78, 5) is 0. The van der Waals surface area contributed by atoms with E-state index in [0.29, 0.717) is 6.04 Å². The first-order valence-corrected chi connectivity index (χ1v) is 7.00. The molecule has 1 aromatic carbocycles. The summed E-state index contributed by atoms with van der Waals surface area (Å²) >= 11 is 0. The first-order chi connectivity index (χ1) is 8.53. The van der Waals surface area contributed by atoms with E-state index in [1.807, 2.05) is 0 Å². The summed E-state index contributed by atoms with van der Waals surface area (Å²) < 4.78 is 0. The van der Waals surface area contributed by atoms with Crippen LogP contribution in [0.5, 0.6) is 0 Å².